The Morgan fingerprint density at radius 3 is 2.76 bits per heavy atom. The van der Waals surface area contributed by atoms with E-state index in [9.17, 15) is 9.90 Å². The standard InChI is InChI=1S/C12H14N2O3/c1-8(7-13)14(2)12(16)10-6-9(17-3)4-5-11(10)15/h4-6,8,15H,1-3H3. The smallest absolute Gasteiger partial charge is 0.258 e. The van der Waals surface area contributed by atoms with Gasteiger partial charge in [-0.25, -0.2) is 0 Å². The van der Waals surface area contributed by atoms with Crippen LogP contribution in [0.4, 0.5) is 0 Å². The van der Waals surface area contributed by atoms with Crippen LogP contribution in [0.15, 0.2) is 18.2 Å². The van der Waals surface area contributed by atoms with Gasteiger partial charge in [-0.05, 0) is 25.1 Å². The molecule has 1 atom stereocenters. The lowest BCUT2D eigenvalue weighted by molar-refractivity contribution is 0.0769. The maximum Gasteiger partial charge on any atom is 0.258 e. The molecule has 1 N–H and O–H groups in total. The minimum atomic E-state index is -0.562. The van der Waals surface area contributed by atoms with E-state index in [1.165, 1.54) is 31.2 Å². The lowest BCUT2D eigenvalue weighted by atomic mass is 10.1. The third kappa shape index (κ3) is 2.67. The number of methoxy groups -OCH3 is 1. The molecule has 0 saturated heterocycles. The van der Waals surface area contributed by atoms with Crippen molar-refractivity contribution in [2.45, 2.75) is 13.0 Å². The quantitative estimate of drug-likeness (QED) is 0.857. The minimum Gasteiger partial charge on any atom is -0.507 e. The van der Waals surface area contributed by atoms with Gasteiger partial charge in [0.05, 0.1) is 18.7 Å². The number of benzene rings is 1. The topological polar surface area (TPSA) is 73.6 Å². The SMILES string of the molecule is COc1ccc(O)c(C(=O)N(C)C(C)C#N)c1. The first kappa shape index (κ1) is 12.8. The molecule has 0 aliphatic carbocycles. The molecule has 0 radical (unpaired) electrons. The van der Waals surface area contributed by atoms with E-state index < -0.39 is 11.9 Å². The second-order valence-electron chi connectivity index (χ2n) is 3.60. The Kier molecular flexibility index (Phi) is 3.94. The number of hydrogen-bond donors (Lipinski definition) is 1. The Hall–Kier alpha value is -2.22. The third-order valence-electron chi connectivity index (χ3n) is 2.52. The van der Waals surface area contributed by atoms with Crippen molar-refractivity contribution in [2.24, 2.45) is 0 Å². The van der Waals surface area contributed by atoms with Crippen molar-refractivity contribution in [3.63, 3.8) is 0 Å². The van der Waals surface area contributed by atoms with Crippen molar-refractivity contribution in [3.8, 4) is 17.6 Å². The molecule has 90 valence electrons. The minimum absolute atomic E-state index is 0.119. The summed E-state index contributed by atoms with van der Waals surface area (Å²) in [6.45, 7) is 1.61. The number of rotatable bonds is 3. The zero-order chi connectivity index (χ0) is 13.0. The van der Waals surface area contributed by atoms with Crippen LogP contribution in [-0.2, 0) is 0 Å². The molecule has 1 aromatic rings. The number of ether oxygens (including phenoxy) is 1. The Morgan fingerprint density at radius 2 is 2.24 bits per heavy atom. The van der Waals surface area contributed by atoms with Gasteiger partial charge in [-0.3, -0.25) is 4.79 Å². The lowest BCUT2D eigenvalue weighted by Crippen LogP contribution is -2.34. The number of amides is 1. The second kappa shape index (κ2) is 5.21. The number of hydrogen-bond acceptors (Lipinski definition) is 4. The van der Waals surface area contributed by atoms with Gasteiger partial charge in [0.1, 0.15) is 17.5 Å². The van der Waals surface area contributed by atoms with E-state index in [-0.39, 0.29) is 11.3 Å². The molecule has 0 aliphatic rings. The summed E-state index contributed by atoms with van der Waals surface area (Å²) in [5, 5.41) is 18.4. The van der Waals surface area contributed by atoms with Crippen molar-refractivity contribution >= 4 is 5.91 Å². The average molecular weight is 234 g/mol. The van der Waals surface area contributed by atoms with Crippen molar-refractivity contribution in [1.82, 2.24) is 4.90 Å². The number of carbonyl (C=O) groups is 1. The Morgan fingerprint density at radius 1 is 1.59 bits per heavy atom. The second-order valence-corrected chi connectivity index (χ2v) is 3.60. The number of phenolic OH excluding ortho intramolecular Hbond substituents is 1. The highest BCUT2D eigenvalue weighted by Gasteiger charge is 2.20. The summed E-state index contributed by atoms with van der Waals surface area (Å²) in [5.41, 5.74) is 0.119. The number of nitrogens with zero attached hydrogens (tertiary/aromatic N) is 2. The predicted octanol–water partition coefficient (Wildman–Crippen LogP) is 1.38. The van der Waals surface area contributed by atoms with Crippen LogP contribution < -0.4 is 4.74 Å². The lowest BCUT2D eigenvalue weighted by Gasteiger charge is -2.20. The van der Waals surface area contributed by atoms with E-state index in [1.54, 1.807) is 13.0 Å². The normalized spacial score (nSPS) is 11.4. The van der Waals surface area contributed by atoms with Gasteiger partial charge in [0.25, 0.3) is 5.91 Å². The van der Waals surface area contributed by atoms with Crippen LogP contribution in [-0.4, -0.2) is 36.1 Å². The van der Waals surface area contributed by atoms with Crippen LogP contribution in [0.2, 0.25) is 0 Å². The van der Waals surface area contributed by atoms with Crippen LogP contribution in [0.25, 0.3) is 0 Å². The zero-order valence-corrected chi connectivity index (χ0v) is 9.97. The van der Waals surface area contributed by atoms with Gasteiger partial charge < -0.3 is 14.7 Å². The molecule has 1 aromatic carbocycles. The molecule has 17 heavy (non-hydrogen) atoms. The fourth-order valence-electron chi connectivity index (χ4n) is 1.27. The van der Waals surface area contributed by atoms with Gasteiger partial charge >= 0.3 is 0 Å². The van der Waals surface area contributed by atoms with E-state index in [1.807, 2.05) is 6.07 Å². The summed E-state index contributed by atoms with van der Waals surface area (Å²) in [7, 11) is 2.98. The summed E-state index contributed by atoms with van der Waals surface area (Å²) >= 11 is 0. The van der Waals surface area contributed by atoms with Gasteiger partial charge in [0.2, 0.25) is 0 Å². The fraction of sp³-hybridized carbons (Fsp3) is 0.333. The first-order valence-electron chi connectivity index (χ1n) is 5.05. The number of aromatic hydroxyl groups is 1. The van der Waals surface area contributed by atoms with Gasteiger partial charge in [0.15, 0.2) is 0 Å². The molecule has 1 rings (SSSR count). The van der Waals surface area contributed by atoms with Crippen molar-refractivity contribution in [1.29, 1.82) is 5.26 Å². The molecule has 0 heterocycles. The van der Waals surface area contributed by atoms with Gasteiger partial charge in [0, 0.05) is 7.05 Å². The molecular formula is C12H14N2O3. The molecule has 5 heteroatoms. The molecule has 0 saturated carbocycles. The van der Waals surface area contributed by atoms with Crippen LogP contribution in [0.5, 0.6) is 11.5 Å². The number of nitriles is 1. The summed E-state index contributed by atoms with van der Waals surface area (Å²) in [4.78, 5) is 13.3. The van der Waals surface area contributed by atoms with Gasteiger partial charge in [-0.2, -0.15) is 5.26 Å². The molecule has 1 amide bonds. The molecule has 5 nitrogen and oxygen atoms in total. The van der Waals surface area contributed by atoms with Crippen LogP contribution >= 0.6 is 0 Å². The van der Waals surface area contributed by atoms with Gasteiger partial charge in [-0.15, -0.1) is 0 Å². The highest BCUT2D eigenvalue weighted by Crippen LogP contribution is 2.24. The molecule has 0 bridgehead atoms. The molecule has 1 unspecified atom stereocenters. The van der Waals surface area contributed by atoms with Crippen molar-refractivity contribution in [3.05, 3.63) is 23.8 Å². The predicted molar refractivity (Wildman–Crippen MR) is 61.8 cm³/mol. The zero-order valence-electron chi connectivity index (χ0n) is 9.97. The Labute approximate surface area is 99.8 Å². The highest BCUT2D eigenvalue weighted by atomic mass is 16.5. The van der Waals surface area contributed by atoms with E-state index in [4.69, 9.17) is 10.00 Å². The van der Waals surface area contributed by atoms with E-state index >= 15 is 0 Å². The number of carbonyl (C=O) groups excluding carboxylic acids is 1. The summed E-state index contributed by atoms with van der Waals surface area (Å²) in [5.74, 6) is -0.0765. The van der Waals surface area contributed by atoms with Crippen molar-refractivity contribution < 1.29 is 14.6 Å². The summed E-state index contributed by atoms with van der Waals surface area (Å²) < 4.78 is 4.98. The molecule has 0 spiro atoms. The van der Waals surface area contributed by atoms with E-state index in [2.05, 4.69) is 0 Å². The maximum atomic E-state index is 12.0. The Balaban J connectivity index is 3.08. The average Bonchev–Trinajstić information content (AvgIpc) is 2.36. The van der Waals surface area contributed by atoms with Crippen LogP contribution in [0.1, 0.15) is 17.3 Å². The molecular weight excluding hydrogens is 220 g/mol. The fourth-order valence-corrected chi connectivity index (χ4v) is 1.27. The van der Waals surface area contributed by atoms with Crippen LogP contribution in [0.3, 0.4) is 0 Å². The maximum absolute atomic E-state index is 12.0. The first-order chi connectivity index (χ1) is 8.01. The van der Waals surface area contributed by atoms with Crippen LogP contribution in [0, 0.1) is 11.3 Å². The summed E-state index contributed by atoms with van der Waals surface area (Å²) in [6.07, 6.45) is 0. The third-order valence-corrected chi connectivity index (χ3v) is 2.52. The van der Waals surface area contributed by atoms with E-state index in [0.29, 0.717) is 5.75 Å². The number of phenols is 1. The Bertz CT molecular complexity index is 465. The molecule has 0 aliphatic heterocycles. The van der Waals surface area contributed by atoms with E-state index in [0.717, 1.165) is 0 Å². The molecule has 0 aromatic heterocycles. The molecule has 0 fully saturated rings. The summed E-state index contributed by atoms with van der Waals surface area (Å²) in [6, 6.07) is 5.78. The first-order valence-corrected chi connectivity index (χ1v) is 5.05. The largest absolute Gasteiger partial charge is 0.507 e. The monoisotopic (exact) mass is 234 g/mol. The van der Waals surface area contributed by atoms with Gasteiger partial charge in [-0.1, -0.05) is 0 Å². The highest BCUT2D eigenvalue weighted by molar-refractivity contribution is 5.97. The van der Waals surface area contributed by atoms with Crippen molar-refractivity contribution in [2.75, 3.05) is 14.2 Å².